The van der Waals surface area contributed by atoms with Gasteiger partial charge < -0.3 is 34.8 Å². The van der Waals surface area contributed by atoms with Crippen molar-refractivity contribution >= 4 is 23.7 Å². The number of rotatable bonds is 6. The van der Waals surface area contributed by atoms with E-state index >= 15 is 0 Å². The molecular weight excluding hydrogens is 675 g/mol. The highest BCUT2D eigenvalue weighted by molar-refractivity contribution is 5.83. The van der Waals surface area contributed by atoms with Crippen LogP contribution in [0.1, 0.15) is 44.7 Å². The number of aliphatic carboxylic acids is 2. The van der Waals surface area contributed by atoms with Gasteiger partial charge in [-0.05, 0) is 44.2 Å². The fourth-order valence-corrected chi connectivity index (χ4v) is 5.60. The van der Waals surface area contributed by atoms with Gasteiger partial charge >= 0.3 is 30.5 Å². The molecule has 4 atom stereocenters. The maximum Gasteiger partial charge on any atom is 0.490 e. The average molecular weight is 713 g/mol. The second-order valence-corrected chi connectivity index (χ2v) is 11.2. The SMILES string of the molecule is CC[C@]1(C(=O)N2CCN(c3cccc(C(F)(F)F)n3)CC2)CC[C@H](NC2CCOCC2OC)C1.O=C(O)C(F)(F)F.O=C(O)C(F)(F)F. The molecule has 0 radical (unpaired) electrons. The lowest BCUT2D eigenvalue weighted by Gasteiger charge is -2.40. The van der Waals surface area contributed by atoms with Gasteiger partial charge in [-0.15, -0.1) is 0 Å². The Bertz CT molecular complexity index is 1200. The van der Waals surface area contributed by atoms with Crippen molar-refractivity contribution in [3.05, 3.63) is 23.9 Å². The van der Waals surface area contributed by atoms with Crippen LogP contribution in [-0.4, -0.2) is 115 Å². The molecule has 1 aliphatic carbocycles. The first kappa shape index (κ1) is 40.8. The van der Waals surface area contributed by atoms with E-state index in [1.807, 2.05) is 9.80 Å². The Balaban J connectivity index is 0.000000479. The summed E-state index contributed by atoms with van der Waals surface area (Å²) in [6.07, 6.45) is -10.3. The number of carboxylic acid groups (broad SMARTS) is 2. The van der Waals surface area contributed by atoms with Crippen LogP contribution < -0.4 is 10.2 Å². The third-order valence-corrected chi connectivity index (χ3v) is 8.20. The molecule has 0 aromatic carbocycles. The van der Waals surface area contributed by atoms with E-state index in [0.717, 1.165) is 38.2 Å². The predicted molar refractivity (Wildman–Crippen MR) is 149 cm³/mol. The first-order chi connectivity index (χ1) is 22.1. The Morgan fingerprint density at radius 3 is 2.02 bits per heavy atom. The summed E-state index contributed by atoms with van der Waals surface area (Å²) in [6.45, 7) is 5.30. The number of piperazine rings is 1. The summed E-state index contributed by atoms with van der Waals surface area (Å²) in [7, 11) is 1.71. The van der Waals surface area contributed by atoms with E-state index in [4.69, 9.17) is 29.3 Å². The summed E-state index contributed by atoms with van der Waals surface area (Å²) >= 11 is 0. The molecular formula is C28H37F9N4O7. The first-order valence-corrected chi connectivity index (χ1v) is 14.7. The topological polar surface area (TPSA) is 142 Å². The Kier molecular flexibility index (Phi) is 14.3. The monoisotopic (exact) mass is 712 g/mol. The van der Waals surface area contributed by atoms with Gasteiger partial charge in [0.1, 0.15) is 11.5 Å². The number of nitrogens with zero attached hydrogens (tertiary/aromatic N) is 3. The van der Waals surface area contributed by atoms with Gasteiger partial charge in [0, 0.05) is 52.0 Å². The molecule has 3 aliphatic rings. The van der Waals surface area contributed by atoms with Gasteiger partial charge in [-0.1, -0.05) is 13.0 Å². The number of alkyl halides is 9. The van der Waals surface area contributed by atoms with Crippen LogP contribution in [-0.2, 0) is 30.0 Å². The normalized spacial score (nSPS) is 24.9. The number of hydrogen-bond acceptors (Lipinski definition) is 8. The Morgan fingerprint density at radius 1 is 0.979 bits per heavy atom. The third kappa shape index (κ3) is 11.6. The molecule has 2 saturated heterocycles. The van der Waals surface area contributed by atoms with Crippen LogP contribution in [0.4, 0.5) is 45.3 Å². The second kappa shape index (κ2) is 16.8. The van der Waals surface area contributed by atoms with E-state index < -0.39 is 36.2 Å². The van der Waals surface area contributed by atoms with Gasteiger partial charge in [0.15, 0.2) is 0 Å². The second-order valence-electron chi connectivity index (χ2n) is 11.2. The number of halogens is 9. The molecule has 3 heterocycles. The number of methoxy groups -OCH3 is 1. The fraction of sp³-hybridized carbons (Fsp3) is 0.714. The quantitative estimate of drug-likeness (QED) is 0.365. The lowest BCUT2D eigenvalue weighted by atomic mass is 9.81. The van der Waals surface area contributed by atoms with E-state index in [-0.39, 0.29) is 29.5 Å². The number of amides is 1. The summed E-state index contributed by atoms with van der Waals surface area (Å²) in [5.74, 6) is -5.03. The number of ether oxygens (including phenoxy) is 2. The van der Waals surface area contributed by atoms with Gasteiger partial charge in [0.2, 0.25) is 5.91 Å². The maximum atomic E-state index is 13.6. The van der Waals surface area contributed by atoms with E-state index in [2.05, 4.69) is 17.2 Å². The number of nitrogens with one attached hydrogen (secondary N) is 1. The van der Waals surface area contributed by atoms with E-state index in [9.17, 15) is 44.3 Å². The van der Waals surface area contributed by atoms with Crippen LogP contribution in [0.25, 0.3) is 0 Å². The van der Waals surface area contributed by atoms with Crippen molar-refractivity contribution in [2.45, 2.75) is 75.7 Å². The fourth-order valence-electron chi connectivity index (χ4n) is 5.60. The summed E-state index contributed by atoms with van der Waals surface area (Å²) < 4.78 is 114. The standard InChI is InChI=1S/C24H35F3N4O3.2C2HF3O2/c1-3-23(9-7-17(15-23)28-18-8-14-34-16-19(18)33-2)22(32)31-12-10-30(11-13-31)21-6-4-5-20(29-21)24(25,26)27;2*3-2(4,5)1(6)7/h4-6,17-19,28H,3,7-16H2,1-2H3;2*(H,6,7)/t17-,18?,19?,23-;;/m0../s1. The first-order valence-electron chi connectivity index (χ1n) is 14.7. The molecule has 20 heteroatoms. The predicted octanol–water partition coefficient (Wildman–Crippen LogP) is 4.36. The molecule has 1 aromatic rings. The molecule has 4 rings (SSSR count). The molecule has 0 bridgehead atoms. The lowest BCUT2D eigenvalue weighted by Crippen LogP contribution is -2.54. The molecule has 3 N–H and O–H groups in total. The summed E-state index contributed by atoms with van der Waals surface area (Å²) in [5.41, 5.74) is -1.28. The van der Waals surface area contributed by atoms with E-state index in [0.29, 0.717) is 45.2 Å². The average Bonchev–Trinajstić information content (AvgIpc) is 3.44. The van der Waals surface area contributed by atoms with Crippen molar-refractivity contribution in [2.24, 2.45) is 5.41 Å². The Morgan fingerprint density at radius 2 is 1.54 bits per heavy atom. The molecule has 0 spiro atoms. The Hall–Kier alpha value is -3.39. The van der Waals surface area contributed by atoms with Gasteiger partial charge in [0.05, 0.1) is 18.1 Å². The van der Waals surface area contributed by atoms with Crippen LogP contribution in [0.2, 0.25) is 0 Å². The lowest BCUT2D eigenvalue weighted by molar-refractivity contribution is -0.193. The zero-order valence-corrected chi connectivity index (χ0v) is 25.9. The van der Waals surface area contributed by atoms with Crippen LogP contribution >= 0.6 is 0 Å². The number of carbonyl (C=O) groups excluding carboxylic acids is 1. The number of aromatic nitrogens is 1. The molecule has 48 heavy (non-hydrogen) atoms. The minimum Gasteiger partial charge on any atom is -0.475 e. The zero-order valence-electron chi connectivity index (χ0n) is 25.9. The van der Waals surface area contributed by atoms with Crippen molar-refractivity contribution in [1.29, 1.82) is 0 Å². The van der Waals surface area contributed by atoms with Crippen molar-refractivity contribution in [1.82, 2.24) is 15.2 Å². The Labute approximate surface area is 269 Å². The minimum atomic E-state index is -5.08. The number of pyridine rings is 1. The van der Waals surface area contributed by atoms with Crippen molar-refractivity contribution in [3.8, 4) is 0 Å². The number of hydrogen-bond donors (Lipinski definition) is 3. The highest BCUT2D eigenvalue weighted by atomic mass is 19.4. The molecule has 1 saturated carbocycles. The van der Waals surface area contributed by atoms with Gasteiger partial charge in [-0.2, -0.15) is 39.5 Å². The maximum absolute atomic E-state index is 13.6. The molecule has 11 nitrogen and oxygen atoms in total. The third-order valence-electron chi connectivity index (χ3n) is 8.20. The molecule has 274 valence electrons. The number of carbonyl (C=O) groups is 3. The largest absolute Gasteiger partial charge is 0.490 e. The summed E-state index contributed by atoms with van der Waals surface area (Å²) in [5, 5.41) is 18.0. The molecule has 2 unspecified atom stereocenters. The van der Waals surface area contributed by atoms with Gasteiger partial charge in [-0.25, -0.2) is 14.6 Å². The number of anilines is 1. The molecule has 3 fully saturated rings. The van der Waals surface area contributed by atoms with Crippen LogP contribution in [0.5, 0.6) is 0 Å². The van der Waals surface area contributed by atoms with Crippen molar-refractivity contribution in [2.75, 3.05) is 51.4 Å². The minimum absolute atomic E-state index is 0.0265. The van der Waals surface area contributed by atoms with Crippen LogP contribution in [0, 0.1) is 5.41 Å². The van der Waals surface area contributed by atoms with Crippen molar-refractivity contribution < 1.29 is 73.6 Å². The van der Waals surface area contributed by atoms with Crippen LogP contribution in [0.15, 0.2) is 18.2 Å². The van der Waals surface area contributed by atoms with E-state index in [1.54, 1.807) is 13.2 Å². The number of carboxylic acids is 2. The van der Waals surface area contributed by atoms with Crippen molar-refractivity contribution in [3.63, 3.8) is 0 Å². The van der Waals surface area contributed by atoms with Gasteiger partial charge in [-0.3, -0.25) is 4.79 Å². The summed E-state index contributed by atoms with van der Waals surface area (Å²) in [6, 6.07) is 4.45. The highest BCUT2D eigenvalue weighted by Gasteiger charge is 2.47. The van der Waals surface area contributed by atoms with Crippen LogP contribution in [0.3, 0.4) is 0 Å². The van der Waals surface area contributed by atoms with E-state index in [1.165, 1.54) is 6.07 Å². The smallest absolute Gasteiger partial charge is 0.475 e. The zero-order chi connectivity index (χ0) is 36.5. The highest BCUT2D eigenvalue weighted by Crippen LogP contribution is 2.43. The summed E-state index contributed by atoms with van der Waals surface area (Å²) in [4.78, 5) is 38.9. The molecule has 1 aromatic heterocycles. The van der Waals surface area contributed by atoms with Gasteiger partial charge in [0.25, 0.3) is 0 Å². The molecule has 2 aliphatic heterocycles. The molecule has 1 amide bonds.